The fraction of sp³-hybridized carbons (Fsp3) is 0.794. The normalized spacial score (nSPS) is 13.7. The van der Waals surface area contributed by atoms with E-state index in [1.807, 2.05) is 21.1 Å². The zero-order chi connectivity index (χ0) is 57.0. The van der Waals surface area contributed by atoms with Gasteiger partial charge in [0.25, 0.3) is 0 Å². The highest BCUT2D eigenvalue weighted by atomic mass is 31.2. The molecular formula is C68H125NO8P+. The molecule has 0 bridgehead atoms. The van der Waals surface area contributed by atoms with Crippen LogP contribution in [-0.2, 0) is 32.7 Å². The lowest BCUT2D eigenvalue weighted by Gasteiger charge is -2.24. The fourth-order valence-corrected chi connectivity index (χ4v) is 9.96. The Morgan fingerprint density at radius 2 is 0.731 bits per heavy atom. The molecule has 0 fully saturated rings. The van der Waals surface area contributed by atoms with Crippen LogP contribution in [-0.4, -0.2) is 74.9 Å². The average molecular weight is 1120 g/mol. The summed E-state index contributed by atoms with van der Waals surface area (Å²) in [6, 6.07) is 0. The highest BCUT2D eigenvalue weighted by molar-refractivity contribution is 7.47. The first-order valence-corrected chi connectivity index (χ1v) is 34.2. The lowest BCUT2D eigenvalue weighted by atomic mass is 10.0. The van der Waals surface area contributed by atoms with Gasteiger partial charge in [0.1, 0.15) is 19.8 Å². The Labute approximate surface area is 482 Å². The molecule has 78 heavy (non-hydrogen) atoms. The van der Waals surface area contributed by atoms with Gasteiger partial charge in [-0.3, -0.25) is 18.6 Å². The molecule has 0 rings (SSSR count). The molecule has 0 aromatic rings. The van der Waals surface area contributed by atoms with Crippen LogP contribution < -0.4 is 0 Å². The molecule has 2 atom stereocenters. The molecule has 10 heteroatoms. The van der Waals surface area contributed by atoms with E-state index < -0.39 is 26.5 Å². The van der Waals surface area contributed by atoms with Crippen molar-refractivity contribution in [1.29, 1.82) is 0 Å². The lowest BCUT2D eigenvalue weighted by Crippen LogP contribution is -2.37. The molecule has 0 heterocycles. The summed E-state index contributed by atoms with van der Waals surface area (Å²) in [5.74, 6) is -0.789. The predicted octanol–water partition coefficient (Wildman–Crippen LogP) is 20.8. The molecule has 454 valence electrons. The van der Waals surface area contributed by atoms with Crippen molar-refractivity contribution < 1.29 is 42.1 Å². The van der Waals surface area contributed by atoms with E-state index >= 15 is 0 Å². The number of unbranched alkanes of at least 4 members (excludes halogenated alkanes) is 34. The number of esters is 2. The summed E-state index contributed by atoms with van der Waals surface area (Å²) < 4.78 is 34.7. The number of carbonyl (C=O) groups is 2. The Morgan fingerprint density at radius 3 is 1.09 bits per heavy atom. The fourth-order valence-electron chi connectivity index (χ4n) is 9.22. The van der Waals surface area contributed by atoms with Crippen molar-refractivity contribution in [3.63, 3.8) is 0 Å². The van der Waals surface area contributed by atoms with Gasteiger partial charge in [-0.2, -0.15) is 0 Å². The average Bonchev–Trinajstić information content (AvgIpc) is 3.41. The number of rotatable bonds is 60. The van der Waals surface area contributed by atoms with Crippen LogP contribution in [0.5, 0.6) is 0 Å². The highest BCUT2D eigenvalue weighted by Gasteiger charge is 2.27. The molecule has 0 aliphatic rings. The van der Waals surface area contributed by atoms with E-state index in [9.17, 15) is 19.0 Å². The summed E-state index contributed by atoms with van der Waals surface area (Å²) in [5, 5.41) is 0. The van der Waals surface area contributed by atoms with Gasteiger partial charge in [-0.25, -0.2) is 4.57 Å². The van der Waals surface area contributed by atoms with Gasteiger partial charge in [-0.1, -0.05) is 273 Å². The molecule has 0 amide bonds. The molecule has 0 spiro atoms. The number of allylic oxidation sites excluding steroid dienone is 12. The molecule has 0 saturated carbocycles. The third kappa shape index (κ3) is 62.6. The van der Waals surface area contributed by atoms with Crippen LogP contribution in [0.4, 0.5) is 0 Å². The first-order valence-electron chi connectivity index (χ1n) is 32.7. The minimum atomic E-state index is -4.39. The molecular weight excluding hydrogens is 990 g/mol. The van der Waals surface area contributed by atoms with E-state index in [1.165, 1.54) is 193 Å². The van der Waals surface area contributed by atoms with Gasteiger partial charge in [0, 0.05) is 12.8 Å². The molecule has 2 unspecified atom stereocenters. The largest absolute Gasteiger partial charge is 0.472 e. The van der Waals surface area contributed by atoms with Crippen LogP contribution in [0.2, 0.25) is 0 Å². The molecule has 0 aromatic carbocycles. The Morgan fingerprint density at radius 1 is 0.410 bits per heavy atom. The number of nitrogens with zero attached hydrogens (tertiary/aromatic N) is 1. The van der Waals surface area contributed by atoms with Gasteiger partial charge < -0.3 is 18.9 Å². The number of carbonyl (C=O) groups excluding carboxylic acids is 2. The van der Waals surface area contributed by atoms with E-state index in [2.05, 4.69) is 86.8 Å². The predicted molar refractivity (Wildman–Crippen MR) is 335 cm³/mol. The molecule has 0 saturated heterocycles. The smallest absolute Gasteiger partial charge is 0.462 e. The Kier molecular flexibility index (Phi) is 57.2. The molecule has 0 aliphatic carbocycles. The Hall–Kier alpha value is -2.55. The van der Waals surface area contributed by atoms with Crippen LogP contribution in [0.25, 0.3) is 0 Å². The number of quaternary nitrogens is 1. The van der Waals surface area contributed by atoms with Crippen LogP contribution in [0.1, 0.15) is 296 Å². The Balaban J connectivity index is 4.08. The zero-order valence-electron chi connectivity index (χ0n) is 51.6. The topological polar surface area (TPSA) is 108 Å². The number of phosphoric acid groups is 1. The van der Waals surface area contributed by atoms with Crippen LogP contribution in [0, 0.1) is 0 Å². The minimum absolute atomic E-state index is 0.0307. The summed E-state index contributed by atoms with van der Waals surface area (Å²) in [7, 11) is 1.48. The van der Waals surface area contributed by atoms with Gasteiger partial charge in [0.05, 0.1) is 27.7 Å². The van der Waals surface area contributed by atoms with Crippen molar-refractivity contribution in [2.45, 2.75) is 302 Å². The third-order valence-electron chi connectivity index (χ3n) is 14.2. The molecule has 0 radical (unpaired) electrons. The lowest BCUT2D eigenvalue weighted by molar-refractivity contribution is -0.870. The van der Waals surface area contributed by atoms with Gasteiger partial charge in [-0.05, 0) is 83.5 Å². The van der Waals surface area contributed by atoms with Crippen molar-refractivity contribution in [2.24, 2.45) is 0 Å². The summed E-state index contributed by atoms with van der Waals surface area (Å²) in [6.07, 6.45) is 78.4. The van der Waals surface area contributed by atoms with E-state index in [0.717, 1.165) is 70.6 Å². The first-order chi connectivity index (χ1) is 38.0. The van der Waals surface area contributed by atoms with E-state index in [1.54, 1.807) is 0 Å². The van der Waals surface area contributed by atoms with Crippen molar-refractivity contribution in [2.75, 3.05) is 47.5 Å². The summed E-state index contributed by atoms with van der Waals surface area (Å²) in [6.45, 7) is 4.35. The second kappa shape index (κ2) is 59.1. The molecule has 0 aromatic heterocycles. The molecule has 0 aliphatic heterocycles. The zero-order valence-corrected chi connectivity index (χ0v) is 52.5. The number of hydrogen-bond donors (Lipinski definition) is 1. The van der Waals surface area contributed by atoms with E-state index in [4.69, 9.17) is 18.5 Å². The number of phosphoric ester groups is 1. The quantitative estimate of drug-likeness (QED) is 0.0211. The van der Waals surface area contributed by atoms with Gasteiger partial charge >= 0.3 is 19.8 Å². The molecule has 9 nitrogen and oxygen atoms in total. The summed E-state index contributed by atoms with van der Waals surface area (Å²) in [4.78, 5) is 35.8. The van der Waals surface area contributed by atoms with Crippen LogP contribution >= 0.6 is 7.82 Å². The maximum atomic E-state index is 12.9. The van der Waals surface area contributed by atoms with Gasteiger partial charge in [0.2, 0.25) is 0 Å². The summed E-state index contributed by atoms with van der Waals surface area (Å²) in [5.41, 5.74) is 0. The number of hydrogen-bond acceptors (Lipinski definition) is 7. The molecule has 1 N–H and O–H groups in total. The number of likely N-dealkylation sites (N-methyl/N-ethyl adjacent to an activating group) is 1. The van der Waals surface area contributed by atoms with Crippen molar-refractivity contribution in [3.8, 4) is 0 Å². The standard InChI is InChI=1S/C68H124NO8P/c1-6-8-10-12-14-16-18-20-22-24-26-28-30-32-34-36-38-40-42-44-46-48-50-52-54-56-58-60-67(70)74-64-66(65-76-78(72,73)75-63-62-69(3,4)5)77-68(71)61-59-57-55-53-51-49-47-45-43-41-39-37-35-33-31-29-27-25-23-21-19-17-15-13-11-9-7-2/h9,11,15,17-18,20-21,23-24,26-27,29,66H,6-8,10,12-14,16,19,22,25,28,30-65H2,1-5H3/p+1/b11-9-,17-15-,20-18-,23-21-,26-24-,29-27-. The van der Waals surface area contributed by atoms with E-state index in [0.29, 0.717) is 17.4 Å². The van der Waals surface area contributed by atoms with Crippen molar-refractivity contribution >= 4 is 19.8 Å². The summed E-state index contributed by atoms with van der Waals surface area (Å²) >= 11 is 0. The van der Waals surface area contributed by atoms with E-state index in [-0.39, 0.29) is 32.0 Å². The SMILES string of the molecule is CC/C=C\C/C=C\C/C=C\C/C=C\CCCCCCCCCCCCCCCCC(=O)OC(COC(=O)CCCCCCCCCCCCCCCCC/C=C\C/C=C\CCCCCCC)COP(=O)(O)OCC[N+](C)(C)C. The van der Waals surface area contributed by atoms with Gasteiger partial charge in [-0.15, -0.1) is 0 Å². The van der Waals surface area contributed by atoms with Gasteiger partial charge in [0.15, 0.2) is 6.10 Å². The second-order valence-electron chi connectivity index (χ2n) is 23.1. The minimum Gasteiger partial charge on any atom is -0.462 e. The van der Waals surface area contributed by atoms with Crippen molar-refractivity contribution in [1.82, 2.24) is 0 Å². The number of ether oxygens (including phenoxy) is 2. The third-order valence-corrected chi connectivity index (χ3v) is 15.2. The van der Waals surface area contributed by atoms with Crippen LogP contribution in [0.15, 0.2) is 72.9 Å². The highest BCUT2D eigenvalue weighted by Crippen LogP contribution is 2.43. The maximum Gasteiger partial charge on any atom is 0.472 e. The Bertz CT molecular complexity index is 1550. The maximum absolute atomic E-state index is 12.9. The second-order valence-corrected chi connectivity index (χ2v) is 24.6. The first kappa shape index (κ1) is 75.5. The van der Waals surface area contributed by atoms with Crippen LogP contribution in [0.3, 0.4) is 0 Å². The van der Waals surface area contributed by atoms with Crippen molar-refractivity contribution in [3.05, 3.63) is 72.9 Å². The monoisotopic (exact) mass is 1110 g/mol.